The lowest BCUT2D eigenvalue weighted by Crippen LogP contribution is -2.28. The first kappa shape index (κ1) is 11.8. The summed E-state index contributed by atoms with van der Waals surface area (Å²) in [6, 6.07) is 0. The molecule has 0 fully saturated rings. The van der Waals surface area contributed by atoms with Gasteiger partial charge in [0.2, 0.25) is 11.2 Å². The normalized spacial score (nSPS) is 10.7. The van der Waals surface area contributed by atoms with Crippen molar-refractivity contribution in [3.8, 4) is 0 Å². The third-order valence-electron chi connectivity index (χ3n) is 1.33. The Labute approximate surface area is 89.0 Å². The maximum Gasteiger partial charge on any atom is 0.365 e. The first-order chi connectivity index (χ1) is 7.02. The molecule has 0 aliphatic carbocycles. The van der Waals surface area contributed by atoms with E-state index in [0.29, 0.717) is 0 Å². The van der Waals surface area contributed by atoms with Gasteiger partial charge in [0.25, 0.3) is 5.95 Å². The molecule has 0 aromatic carbocycles. The fraction of sp³-hybridized carbons (Fsp3) is 0.500. The van der Waals surface area contributed by atoms with E-state index in [0.717, 1.165) is 5.06 Å². The van der Waals surface area contributed by atoms with Gasteiger partial charge in [-0.1, -0.05) is 0 Å². The van der Waals surface area contributed by atoms with Gasteiger partial charge in [-0.3, -0.25) is 0 Å². The number of halogens is 3. The topological polar surface area (TPSA) is 77.2 Å². The van der Waals surface area contributed by atoms with E-state index in [9.17, 15) is 8.78 Å². The van der Waals surface area contributed by atoms with Gasteiger partial charge in [0, 0.05) is 6.54 Å². The molecular weight excluding hydrogens is 232 g/mol. The molecule has 1 heterocycles. The maximum absolute atomic E-state index is 12.0. The van der Waals surface area contributed by atoms with Crippen LogP contribution in [0, 0.1) is 0 Å². The molecule has 1 rings (SSSR count). The van der Waals surface area contributed by atoms with E-state index >= 15 is 0 Å². The molecule has 1 aromatic heterocycles. The van der Waals surface area contributed by atoms with E-state index in [-0.39, 0.29) is 23.7 Å². The van der Waals surface area contributed by atoms with Crippen molar-refractivity contribution < 1.29 is 13.6 Å². The van der Waals surface area contributed by atoms with Gasteiger partial charge in [-0.25, -0.2) is 9.90 Å². The smallest absolute Gasteiger partial charge is 0.365 e. The molecule has 0 amide bonds. The average Bonchev–Trinajstić information content (AvgIpc) is 2.12. The molecule has 0 atom stereocenters. The zero-order chi connectivity index (χ0) is 11.4. The summed E-state index contributed by atoms with van der Waals surface area (Å²) in [5.74, 6) is -0.323. The minimum absolute atomic E-state index is 0.115. The quantitative estimate of drug-likeness (QED) is 0.793. The zero-order valence-electron chi connectivity index (χ0n) is 7.69. The minimum atomic E-state index is -2.97. The number of aromatic nitrogens is 3. The third kappa shape index (κ3) is 3.40. The van der Waals surface area contributed by atoms with Crippen molar-refractivity contribution in [2.24, 2.45) is 0 Å². The second kappa shape index (κ2) is 4.99. The molecule has 2 N–H and O–H groups in total. The van der Waals surface area contributed by atoms with Crippen molar-refractivity contribution in [2.45, 2.75) is 13.5 Å². The highest BCUT2D eigenvalue weighted by Gasteiger charge is 2.15. The lowest BCUT2D eigenvalue weighted by atomic mass is 10.7. The van der Waals surface area contributed by atoms with Crippen LogP contribution in [0.4, 0.5) is 20.7 Å². The number of nitrogens with zero attached hydrogens (tertiary/aromatic N) is 4. The van der Waals surface area contributed by atoms with Crippen molar-refractivity contribution in [3.63, 3.8) is 0 Å². The van der Waals surface area contributed by atoms with Gasteiger partial charge in [0.05, 0.1) is 0 Å². The summed E-state index contributed by atoms with van der Waals surface area (Å²) < 4.78 is 23.9. The van der Waals surface area contributed by atoms with E-state index in [2.05, 4.69) is 19.8 Å². The van der Waals surface area contributed by atoms with Crippen LogP contribution >= 0.6 is 11.6 Å². The largest absolute Gasteiger partial charge is 0.368 e. The molecule has 6 nitrogen and oxygen atoms in total. The number of alkyl halides is 2. The lowest BCUT2D eigenvalue weighted by Gasteiger charge is -2.18. The fourth-order valence-corrected chi connectivity index (χ4v) is 0.987. The first-order valence-corrected chi connectivity index (χ1v) is 4.30. The Kier molecular flexibility index (Phi) is 3.92. The summed E-state index contributed by atoms with van der Waals surface area (Å²) >= 11 is 5.48. The van der Waals surface area contributed by atoms with E-state index in [1.54, 1.807) is 6.92 Å². The van der Waals surface area contributed by atoms with Crippen LogP contribution in [-0.2, 0) is 4.84 Å². The lowest BCUT2D eigenvalue weighted by molar-refractivity contribution is -0.139. The summed E-state index contributed by atoms with van der Waals surface area (Å²) in [6.07, 6.45) is 0. The van der Waals surface area contributed by atoms with Crippen molar-refractivity contribution in [3.05, 3.63) is 5.28 Å². The molecule has 0 unspecified atom stereocenters. The number of anilines is 2. The molecule has 1 aromatic rings. The molecule has 0 saturated heterocycles. The van der Waals surface area contributed by atoms with Crippen molar-refractivity contribution in [2.75, 3.05) is 17.3 Å². The monoisotopic (exact) mass is 239 g/mol. The van der Waals surface area contributed by atoms with E-state index in [1.165, 1.54) is 0 Å². The van der Waals surface area contributed by atoms with Crippen LogP contribution in [0.3, 0.4) is 0 Å². The van der Waals surface area contributed by atoms with E-state index in [4.69, 9.17) is 17.3 Å². The minimum Gasteiger partial charge on any atom is -0.368 e. The van der Waals surface area contributed by atoms with E-state index < -0.39 is 6.61 Å². The van der Waals surface area contributed by atoms with E-state index in [1.807, 2.05) is 0 Å². The molecule has 84 valence electrons. The van der Waals surface area contributed by atoms with Crippen molar-refractivity contribution >= 4 is 23.5 Å². The predicted octanol–water partition coefficient (Wildman–Crippen LogP) is 1.09. The summed E-state index contributed by atoms with van der Waals surface area (Å²) in [5, 5.41) is 0.586. The Morgan fingerprint density at radius 1 is 1.47 bits per heavy atom. The number of rotatable bonds is 4. The highest BCUT2D eigenvalue weighted by molar-refractivity contribution is 6.28. The van der Waals surface area contributed by atoms with Gasteiger partial charge in [0.1, 0.15) is 0 Å². The standard InChI is InChI=1S/C6H8ClF2N5O/c1-2-14(15-4(8)9)6-12-3(7)11-5(10)13-6/h4H,2H2,1H3,(H2,10,11,12,13). The molecule has 15 heavy (non-hydrogen) atoms. The van der Waals surface area contributed by atoms with Crippen LogP contribution in [0.2, 0.25) is 5.28 Å². The van der Waals surface area contributed by atoms with Gasteiger partial charge < -0.3 is 5.73 Å². The Hall–Kier alpha value is -1.28. The molecule has 9 heteroatoms. The SMILES string of the molecule is CCN(OC(F)F)c1nc(N)nc(Cl)n1. The van der Waals surface area contributed by atoms with Gasteiger partial charge in [-0.05, 0) is 18.5 Å². The van der Waals surface area contributed by atoms with Gasteiger partial charge in [-0.2, -0.15) is 23.7 Å². The van der Waals surface area contributed by atoms with Gasteiger partial charge in [-0.15, -0.1) is 0 Å². The number of hydrogen-bond acceptors (Lipinski definition) is 6. The third-order valence-corrected chi connectivity index (χ3v) is 1.50. The summed E-state index contributed by atoms with van der Waals surface area (Å²) in [5.41, 5.74) is 5.27. The highest BCUT2D eigenvalue weighted by Crippen LogP contribution is 2.14. The summed E-state index contributed by atoms with van der Waals surface area (Å²) in [7, 11) is 0. The van der Waals surface area contributed by atoms with Crippen LogP contribution < -0.4 is 10.8 Å². The van der Waals surface area contributed by atoms with Gasteiger partial charge >= 0.3 is 6.61 Å². The number of nitrogen functional groups attached to an aromatic ring is 1. The second-order valence-electron chi connectivity index (χ2n) is 2.32. The number of hydroxylamine groups is 1. The fourth-order valence-electron chi connectivity index (χ4n) is 0.825. The van der Waals surface area contributed by atoms with Crippen LogP contribution in [0.25, 0.3) is 0 Å². The molecular formula is C6H8ClF2N5O. The molecule has 0 saturated carbocycles. The van der Waals surface area contributed by atoms with Gasteiger partial charge in [0.15, 0.2) is 0 Å². The highest BCUT2D eigenvalue weighted by atomic mass is 35.5. The number of hydrogen-bond donors (Lipinski definition) is 1. The Bertz CT molecular complexity index is 319. The average molecular weight is 240 g/mol. The molecule has 0 aliphatic rings. The molecule has 0 radical (unpaired) electrons. The molecule has 0 spiro atoms. The number of nitrogens with two attached hydrogens (primary N) is 1. The predicted molar refractivity (Wildman–Crippen MR) is 49.4 cm³/mol. The summed E-state index contributed by atoms with van der Waals surface area (Å²) in [4.78, 5) is 14.8. The molecule has 0 bridgehead atoms. The van der Waals surface area contributed by atoms with Crippen LogP contribution in [0.1, 0.15) is 6.92 Å². The zero-order valence-corrected chi connectivity index (χ0v) is 8.45. The van der Waals surface area contributed by atoms with Crippen molar-refractivity contribution in [1.82, 2.24) is 15.0 Å². The van der Waals surface area contributed by atoms with Crippen LogP contribution in [0.5, 0.6) is 0 Å². The van der Waals surface area contributed by atoms with Crippen LogP contribution in [0.15, 0.2) is 0 Å². The van der Waals surface area contributed by atoms with Crippen LogP contribution in [-0.4, -0.2) is 28.1 Å². The Morgan fingerprint density at radius 2 is 2.13 bits per heavy atom. The Morgan fingerprint density at radius 3 is 2.60 bits per heavy atom. The maximum atomic E-state index is 12.0. The molecule has 0 aliphatic heterocycles. The Balaban J connectivity index is 2.91. The summed E-state index contributed by atoms with van der Waals surface area (Å²) in [6.45, 7) is -1.28. The second-order valence-corrected chi connectivity index (χ2v) is 2.66. The van der Waals surface area contributed by atoms with Crippen molar-refractivity contribution in [1.29, 1.82) is 0 Å². The first-order valence-electron chi connectivity index (χ1n) is 3.92.